The van der Waals surface area contributed by atoms with E-state index in [1.54, 1.807) is 55.5 Å². The van der Waals surface area contributed by atoms with E-state index in [1.807, 2.05) is 6.07 Å². The highest BCUT2D eigenvalue weighted by molar-refractivity contribution is 6.09. The zero-order valence-electron chi connectivity index (χ0n) is 16.6. The highest BCUT2D eigenvalue weighted by atomic mass is 16.5. The molecule has 0 aliphatic carbocycles. The number of amides is 1. The fourth-order valence-electron chi connectivity index (χ4n) is 2.99. The summed E-state index contributed by atoms with van der Waals surface area (Å²) in [5, 5.41) is 12.5. The van der Waals surface area contributed by atoms with E-state index < -0.39 is 11.9 Å². The average molecular weight is 403 g/mol. The fourth-order valence-corrected chi connectivity index (χ4v) is 2.99. The molecule has 0 bridgehead atoms. The van der Waals surface area contributed by atoms with E-state index in [-0.39, 0.29) is 23.0 Å². The third kappa shape index (κ3) is 4.55. The lowest BCUT2D eigenvalue weighted by atomic mass is 9.95. The van der Waals surface area contributed by atoms with Crippen LogP contribution in [0.2, 0.25) is 0 Å². The summed E-state index contributed by atoms with van der Waals surface area (Å²) in [7, 11) is 1.21. The Balaban J connectivity index is 1.79. The first-order chi connectivity index (χ1) is 14.4. The maximum atomic E-state index is 12.7. The van der Waals surface area contributed by atoms with Gasteiger partial charge in [0.1, 0.15) is 11.3 Å². The number of phenols is 1. The van der Waals surface area contributed by atoms with E-state index in [4.69, 9.17) is 0 Å². The molecule has 2 N–H and O–H groups in total. The Kier molecular flexibility index (Phi) is 6.27. The lowest BCUT2D eigenvalue weighted by Crippen LogP contribution is -2.19. The molecule has 0 saturated heterocycles. The molecule has 0 radical (unpaired) electrons. The zero-order valence-corrected chi connectivity index (χ0v) is 16.6. The van der Waals surface area contributed by atoms with Gasteiger partial charge < -0.3 is 15.2 Å². The zero-order chi connectivity index (χ0) is 21.7. The highest BCUT2D eigenvalue weighted by Crippen LogP contribution is 2.25. The number of esters is 1. The van der Waals surface area contributed by atoms with Crippen molar-refractivity contribution in [1.29, 1.82) is 0 Å². The van der Waals surface area contributed by atoms with Crippen LogP contribution in [0.25, 0.3) is 0 Å². The van der Waals surface area contributed by atoms with Crippen molar-refractivity contribution >= 4 is 23.3 Å². The van der Waals surface area contributed by atoms with Crippen molar-refractivity contribution in [2.24, 2.45) is 0 Å². The summed E-state index contributed by atoms with van der Waals surface area (Å²) in [6.07, 6.45) is 0. The van der Waals surface area contributed by atoms with E-state index in [2.05, 4.69) is 10.1 Å². The molecule has 0 heterocycles. The quantitative estimate of drug-likeness (QED) is 0.366. The average Bonchev–Trinajstić information content (AvgIpc) is 2.79. The molecule has 152 valence electrons. The van der Waals surface area contributed by atoms with Crippen LogP contribution in [-0.4, -0.2) is 29.9 Å². The number of aromatic hydroxyl groups is 1. The molecular weight excluding hydrogens is 382 g/mol. The third-order valence-corrected chi connectivity index (χ3v) is 4.75. The van der Waals surface area contributed by atoms with Crippen LogP contribution in [0.1, 0.15) is 44.7 Å². The minimum absolute atomic E-state index is 0.0431. The molecule has 3 rings (SSSR count). The second kappa shape index (κ2) is 9.05. The van der Waals surface area contributed by atoms with Crippen molar-refractivity contribution in [3.8, 4) is 5.75 Å². The van der Waals surface area contributed by atoms with E-state index in [9.17, 15) is 19.5 Å². The van der Waals surface area contributed by atoms with E-state index in [1.165, 1.54) is 25.3 Å². The van der Waals surface area contributed by atoms with Crippen molar-refractivity contribution in [2.75, 3.05) is 12.4 Å². The summed E-state index contributed by atoms with van der Waals surface area (Å²) >= 11 is 0. The Morgan fingerprint density at radius 1 is 0.900 bits per heavy atom. The molecule has 3 aromatic rings. The minimum atomic E-state index is -0.705. The van der Waals surface area contributed by atoms with Gasteiger partial charge in [-0.2, -0.15) is 0 Å². The normalized spacial score (nSPS) is 11.4. The second-order valence-corrected chi connectivity index (χ2v) is 6.76. The number of rotatable bonds is 6. The summed E-state index contributed by atoms with van der Waals surface area (Å²) < 4.78 is 4.62. The maximum Gasteiger partial charge on any atom is 0.341 e. The first-order valence-corrected chi connectivity index (χ1v) is 9.32. The Morgan fingerprint density at radius 3 is 2.30 bits per heavy atom. The Labute approximate surface area is 174 Å². The van der Waals surface area contributed by atoms with Crippen molar-refractivity contribution < 1.29 is 24.2 Å². The lowest BCUT2D eigenvalue weighted by molar-refractivity contribution is -0.117. The number of hydrogen-bond acceptors (Lipinski definition) is 5. The number of methoxy groups -OCH3 is 1. The molecule has 30 heavy (non-hydrogen) atoms. The van der Waals surface area contributed by atoms with E-state index in [0.717, 1.165) is 0 Å². The van der Waals surface area contributed by atoms with Crippen LogP contribution >= 0.6 is 0 Å². The van der Waals surface area contributed by atoms with Gasteiger partial charge >= 0.3 is 5.97 Å². The molecule has 1 atom stereocenters. The maximum absolute atomic E-state index is 12.7. The van der Waals surface area contributed by atoms with Gasteiger partial charge in [0, 0.05) is 16.8 Å². The highest BCUT2D eigenvalue weighted by Gasteiger charge is 2.19. The molecule has 1 amide bonds. The van der Waals surface area contributed by atoms with Gasteiger partial charge in [0.05, 0.1) is 13.0 Å². The number of phenolic OH excluding ortho intramolecular Hbond substituents is 1. The topological polar surface area (TPSA) is 92.7 Å². The second-order valence-electron chi connectivity index (χ2n) is 6.76. The van der Waals surface area contributed by atoms with Crippen LogP contribution in [-0.2, 0) is 9.53 Å². The molecular formula is C24H21NO5. The molecule has 0 saturated carbocycles. The molecule has 0 aliphatic rings. The van der Waals surface area contributed by atoms with Gasteiger partial charge in [0.25, 0.3) is 0 Å². The van der Waals surface area contributed by atoms with E-state index >= 15 is 0 Å². The van der Waals surface area contributed by atoms with Gasteiger partial charge in [-0.05, 0) is 36.8 Å². The molecule has 6 nitrogen and oxygen atoms in total. The van der Waals surface area contributed by atoms with Crippen LogP contribution in [0, 0.1) is 0 Å². The summed E-state index contributed by atoms with van der Waals surface area (Å²) in [4.78, 5) is 37.1. The smallest absolute Gasteiger partial charge is 0.341 e. The number of anilines is 1. The van der Waals surface area contributed by atoms with Crippen LogP contribution in [0.3, 0.4) is 0 Å². The number of benzene rings is 3. The molecule has 0 aliphatic heterocycles. The van der Waals surface area contributed by atoms with Gasteiger partial charge in [0.2, 0.25) is 5.91 Å². The van der Waals surface area contributed by atoms with Gasteiger partial charge in [0.15, 0.2) is 5.78 Å². The Hall–Kier alpha value is -3.93. The number of carbonyl (C=O) groups is 3. The lowest BCUT2D eigenvalue weighted by Gasteiger charge is -2.14. The Bertz CT molecular complexity index is 1090. The number of ketones is 1. The molecule has 3 aromatic carbocycles. The van der Waals surface area contributed by atoms with Gasteiger partial charge in [-0.15, -0.1) is 0 Å². The summed E-state index contributed by atoms with van der Waals surface area (Å²) in [5.41, 5.74) is 2.06. The summed E-state index contributed by atoms with van der Waals surface area (Å²) in [5.74, 6) is -1.93. The SMILES string of the molecule is COC(=O)c1cc(NC(=O)[C@H](C)c2cccc(C(=O)c3ccccc3)c2)ccc1O. The predicted octanol–water partition coefficient (Wildman–Crippen LogP) is 4.15. The number of nitrogens with one attached hydrogen (secondary N) is 1. The summed E-state index contributed by atoms with van der Waals surface area (Å²) in [6, 6.07) is 20.0. The monoisotopic (exact) mass is 403 g/mol. The van der Waals surface area contributed by atoms with Crippen LogP contribution in [0.5, 0.6) is 5.75 Å². The molecule has 0 spiro atoms. The number of carbonyl (C=O) groups excluding carboxylic acids is 3. The molecule has 0 fully saturated rings. The van der Waals surface area contributed by atoms with Crippen molar-refractivity contribution in [1.82, 2.24) is 0 Å². The van der Waals surface area contributed by atoms with Crippen molar-refractivity contribution in [3.05, 3.63) is 95.1 Å². The van der Waals surface area contributed by atoms with Crippen LogP contribution in [0.15, 0.2) is 72.8 Å². The van der Waals surface area contributed by atoms with Gasteiger partial charge in [-0.1, -0.05) is 48.5 Å². The first kappa shape index (κ1) is 20.8. The molecule has 0 aromatic heterocycles. The number of hydrogen-bond donors (Lipinski definition) is 2. The minimum Gasteiger partial charge on any atom is -0.507 e. The standard InChI is InChI=1S/C24H21NO5/c1-15(23(28)25-19-11-12-21(26)20(14-19)24(29)30-2)17-9-6-10-18(13-17)22(27)16-7-4-3-5-8-16/h3-15,26H,1-2H3,(H,25,28)/t15-/m1/s1. The fraction of sp³-hybridized carbons (Fsp3) is 0.125. The van der Waals surface area contributed by atoms with Crippen molar-refractivity contribution in [3.63, 3.8) is 0 Å². The Morgan fingerprint density at radius 2 is 1.60 bits per heavy atom. The summed E-state index contributed by atoms with van der Waals surface area (Å²) in [6.45, 7) is 1.73. The van der Waals surface area contributed by atoms with Gasteiger partial charge in [-0.3, -0.25) is 9.59 Å². The predicted molar refractivity (Wildman–Crippen MR) is 113 cm³/mol. The van der Waals surface area contributed by atoms with Crippen LogP contribution < -0.4 is 5.32 Å². The van der Waals surface area contributed by atoms with Crippen LogP contribution in [0.4, 0.5) is 5.69 Å². The van der Waals surface area contributed by atoms with E-state index in [0.29, 0.717) is 22.4 Å². The van der Waals surface area contributed by atoms with Gasteiger partial charge in [-0.25, -0.2) is 4.79 Å². The number of ether oxygens (including phenoxy) is 1. The first-order valence-electron chi connectivity index (χ1n) is 9.32. The van der Waals surface area contributed by atoms with Crippen molar-refractivity contribution in [2.45, 2.75) is 12.8 Å². The molecule has 0 unspecified atom stereocenters. The molecule has 6 heteroatoms. The largest absolute Gasteiger partial charge is 0.507 e. The third-order valence-electron chi connectivity index (χ3n) is 4.75.